The number of nitrogens with zero attached hydrogens (tertiary/aromatic N) is 4. The Kier molecular flexibility index (Phi) is 2.46. The van der Waals surface area contributed by atoms with Crippen LogP contribution in [0.2, 0.25) is 0 Å². The number of aromatic nitrogens is 4. The minimum atomic E-state index is -1.50. The maximum absolute atomic E-state index is 11.0. The monoisotopic (exact) mass is 274 g/mol. The highest BCUT2D eigenvalue weighted by atomic mass is 16.4. The molecule has 0 amide bonds. The van der Waals surface area contributed by atoms with Gasteiger partial charge in [0.2, 0.25) is 17.3 Å². The van der Waals surface area contributed by atoms with Crippen molar-refractivity contribution < 1.29 is 24.2 Å². The predicted molar refractivity (Wildman–Crippen MR) is 62.4 cm³/mol. The van der Waals surface area contributed by atoms with Crippen molar-refractivity contribution in [3.63, 3.8) is 0 Å². The summed E-state index contributed by atoms with van der Waals surface area (Å²) < 4.78 is 6.50. The first kappa shape index (κ1) is 11.8. The first-order valence-corrected chi connectivity index (χ1v) is 5.33. The Balaban J connectivity index is 2.22. The smallest absolute Gasteiger partial charge is 0.374 e. The third kappa shape index (κ3) is 1.68. The third-order valence-electron chi connectivity index (χ3n) is 2.58. The molecule has 0 radical (unpaired) electrons. The highest BCUT2D eigenvalue weighted by Crippen LogP contribution is 2.25. The van der Waals surface area contributed by atoms with E-state index in [1.165, 1.54) is 23.1 Å². The summed E-state index contributed by atoms with van der Waals surface area (Å²) in [6.07, 6.45) is 5.97. The number of carbonyl (C=O) groups is 2. The van der Waals surface area contributed by atoms with Crippen molar-refractivity contribution in [3.05, 3.63) is 36.2 Å². The molecule has 0 saturated carbocycles. The van der Waals surface area contributed by atoms with Gasteiger partial charge in [-0.3, -0.25) is 4.98 Å². The summed E-state index contributed by atoms with van der Waals surface area (Å²) in [5.74, 6) is -3.85. The van der Waals surface area contributed by atoms with Gasteiger partial charge < -0.3 is 14.6 Å². The van der Waals surface area contributed by atoms with Crippen LogP contribution in [0.25, 0.3) is 17.0 Å². The Morgan fingerprint density at radius 1 is 1.20 bits per heavy atom. The van der Waals surface area contributed by atoms with Gasteiger partial charge in [0.15, 0.2) is 0 Å². The third-order valence-corrected chi connectivity index (χ3v) is 2.58. The molecule has 3 heterocycles. The lowest BCUT2D eigenvalue weighted by atomic mass is 10.3. The molecular weight excluding hydrogens is 268 g/mol. The fourth-order valence-electron chi connectivity index (χ4n) is 1.72. The molecule has 0 aliphatic carbocycles. The zero-order valence-electron chi connectivity index (χ0n) is 9.72. The normalized spacial score (nSPS) is 10.8. The van der Waals surface area contributed by atoms with Gasteiger partial charge in [-0.05, 0) is 0 Å². The molecule has 0 spiro atoms. The van der Waals surface area contributed by atoms with Gasteiger partial charge in [0.1, 0.15) is 0 Å². The van der Waals surface area contributed by atoms with Crippen LogP contribution >= 0.6 is 0 Å². The van der Waals surface area contributed by atoms with E-state index in [9.17, 15) is 9.59 Å². The van der Waals surface area contributed by atoms with Crippen molar-refractivity contribution in [1.82, 2.24) is 19.6 Å². The zero-order valence-corrected chi connectivity index (χ0v) is 9.72. The SMILES string of the molecule is O=C(O)c1nc(-c2cnn3ccncc23)oc1C(=O)O. The van der Waals surface area contributed by atoms with Crippen LogP contribution in [0.4, 0.5) is 0 Å². The van der Waals surface area contributed by atoms with Crippen LogP contribution in [0, 0.1) is 0 Å². The largest absolute Gasteiger partial charge is 0.476 e. The Morgan fingerprint density at radius 2 is 2.00 bits per heavy atom. The van der Waals surface area contributed by atoms with Gasteiger partial charge >= 0.3 is 11.9 Å². The molecule has 0 saturated heterocycles. The van der Waals surface area contributed by atoms with Crippen molar-refractivity contribution in [3.8, 4) is 11.5 Å². The Morgan fingerprint density at radius 3 is 2.65 bits per heavy atom. The molecule has 9 nitrogen and oxygen atoms in total. The van der Waals surface area contributed by atoms with Crippen LogP contribution in [-0.2, 0) is 0 Å². The maximum atomic E-state index is 11.0. The highest BCUT2D eigenvalue weighted by molar-refractivity contribution is 5.99. The number of aromatic carboxylic acids is 2. The Labute approximate surface area is 110 Å². The second-order valence-electron chi connectivity index (χ2n) is 3.77. The van der Waals surface area contributed by atoms with E-state index in [-0.39, 0.29) is 5.89 Å². The van der Waals surface area contributed by atoms with E-state index in [0.29, 0.717) is 11.1 Å². The van der Waals surface area contributed by atoms with Crippen molar-refractivity contribution in [2.75, 3.05) is 0 Å². The maximum Gasteiger partial charge on any atom is 0.374 e. The Hall–Kier alpha value is -3.23. The second-order valence-corrected chi connectivity index (χ2v) is 3.77. The first-order chi connectivity index (χ1) is 9.58. The summed E-state index contributed by atoms with van der Waals surface area (Å²) >= 11 is 0. The number of oxazole rings is 1. The standard InChI is InChI=1S/C11H6N4O5/c16-10(17)7-8(11(18)19)20-9(14-7)5-3-13-15-2-1-12-4-6(5)15/h1-4H,(H,16,17)(H,18,19). The first-order valence-electron chi connectivity index (χ1n) is 5.33. The highest BCUT2D eigenvalue weighted by Gasteiger charge is 2.26. The van der Waals surface area contributed by atoms with Gasteiger partial charge in [-0.25, -0.2) is 19.1 Å². The summed E-state index contributed by atoms with van der Waals surface area (Å²) in [5, 5.41) is 21.8. The molecule has 0 unspecified atom stereocenters. The van der Waals surface area contributed by atoms with Crippen LogP contribution in [0.5, 0.6) is 0 Å². The fourth-order valence-corrected chi connectivity index (χ4v) is 1.72. The van der Waals surface area contributed by atoms with Gasteiger partial charge in [0.05, 0.1) is 23.5 Å². The summed E-state index contributed by atoms with van der Waals surface area (Å²) in [6, 6.07) is 0. The zero-order chi connectivity index (χ0) is 14.3. The molecule has 20 heavy (non-hydrogen) atoms. The van der Waals surface area contributed by atoms with E-state index in [0.717, 1.165) is 0 Å². The molecule has 0 aliphatic rings. The molecule has 0 atom stereocenters. The summed E-state index contributed by atoms with van der Waals surface area (Å²) in [6.45, 7) is 0. The number of rotatable bonds is 3. The van der Waals surface area contributed by atoms with Crippen LogP contribution in [0.3, 0.4) is 0 Å². The van der Waals surface area contributed by atoms with E-state index in [2.05, 4.69) is 15.1 Å². The van der Waals surface area contributed by atoms with Gasteiger partial charge in [-0.15, -0.1) is 0 Å². The molecule has 9 heteroatoms. The van der Waals surface area contributed by atoms with Crippen LogP contribution in [0.15, 0.2) is 29.2 Å². The summed E-state index contributed by atoms with van der Waals surface area (Å²) in [5.41, 5.74) is 0.214. The molecule has 3 aromatic heterocycles. The molecule has 100 valence electrons. The van der Waals surface area contributed by atoms with Crippen molar-refractivity contribution in [2.24, 2.45) is 0 Å². The average Bonchev–Trinajstić information content (AvgIpc) is 3.02. The second kappa shape index (κ2) is 4.16. The van der Waals surface area contributed by atoms with E-state index >= 15 is 0 Å². The summed E-state index contributed by atoms with van der Waals surface area (Å²) in [4.78, 5) is 29.5. The van der Waals surface area contributed by atoms with E-state index < -0.39 is 23.4 Å². The number of carboxylic acids is 2. The quantitative estimate of drug-likeness (QED) is 0.716. The van der Waals surface area contributed by atoms with Crippen molar-refractivity contribution in [1.29, 1.82) is 0 Å². The van der Waals surface area contributed by atoms with Gasteiger partial charge in [0.25, 0.3) is 0 Å². The molecule has 3 rings (SSSR count). The van der Waals surface area contributed by atoms with E-state index in [1.807, 2.05) is 0 Å². The number of carboxylic acid groups (broad SMARTS) is 2. The number of fused-ring (bicyclic) bond motifs is 1. The van der Waals surface area contributed by atoms with Gasteiger partial charge in [-0.2, -0.15) is 5.10 Å². The predicted octanol–water partition coefficient (Wildman–Crippen LogP) is 0.781. The molecule has 0 fully saturated rings. The average molecular weight is 274 g/mol. The van der Waals surface area contributed by atoms with Gasteiger partial charge in [-0.1, -0.05) is 0 Å². The minimum Gasteiger partial charge on any atom is -0.476 e. The lowest BCUT2D eigenvalue weighted by Gasteiger charge is -1.92. The topological polar surface area (TPSA) is 131 Å². The molecule has 0 bridgehead atoms. The molecule has 0 aliphatic heterocycles. The fraction of sp³-hybridized carbons (Fsp3) is 0. The summed E-state index contributed by atoms with van der Waals surface area (Å²) in [7, 11) is 0. The lowest BCUT2D eigenvalue weighted by Crippen LogP contribution is -2.05. The lowest BCUT2D eigenvalue weighted by molar-refractivity contribution is 0.0624. The number of hydrogen-bond acceptors (Lipinski definition) is 6. The molecule has 3 aromatic rings. The van der Waals surface area contributed by atoms with E-state index in [1.54, 1.807) is 6.20 Å². The van der Waals surface area contributed by atoms with Crippen LogP contribution in [-0.4, -0.2) is 41.7 Å². The molecular formula is C11H6N4O5. The van der Waals surface area contributed by atoms with Crippen LogP contribution in [0.1, 0.15) is 21.0 Å². The van der Waals surface area contributed by atoms with E-state index in [4.69, 9.17) is 14.6 Å². The van der Waals surface area contributed by atoms with Crippen LogP contribution < -0.4 is 0 Å². The van der Waals surface area contributed by atoms with Crippen molar-refractivity contribution in [2.45, 2.75) is 0 Å². The molecule has 0 aromatic carbocycles. The molecule has 2 N–H and O–H groups in total. The number of hydrogen-bond donors (Lipinski definition) is 2. The van der Waals surface area contributed by atoms with Crippen molar-refractivity contribution >= 4 is 17.5 Å². The minimum absolute atomic E-state index is 0.136. The Bertz CT molecular complexity index is 803. The van der Waals surface area contributed by atoms with Gasteiger partial charge in [0, 0.05) is 12.4 Å².